The molecule has 8 aromatic carbocycles. The molecule has 0 fully saturated rings. The number of nitriles is 1. The summed E-state index contributed by atoms with van der Waals surface area (Å²) in [6.45, 7) is 0. The van der Waals surface area contributed by atoms with Crippen LogP contribution < -0.4 is 0 Å². The van der Waals surface area contributed by atoms with Crippen molar-refractivity contribution >= 4 is 43.6 Å². The van der Waals surface area contributed by atoms with Crippen molar-refractivity contribution in [3.8, 4) is 62.7 Å². The van der Waals surface area contributed by atoms with Crippen LogP contribution in [0.5, 0.6) is 0 Å². The first-order chi connectivity index (χ1) is 30.8. The van der Waals surface area contributed by atoms with Gasteiger partial charge in [-0.15, -0.1) is 0 Å². The fraction of sp³-hybridized carbons (Fsp3) is 0. The Balaban J connectivity index is 1.15. The Bertz CT molecular complexity index is 3680. The van der Waals surface area contributed by atoms with E-state index in [1.54, 1.807) is 4.57 Å². The smallest absolute Gasteiger partial charge is 0.164 e. The van der Waals surface area contributed by atoms with Gasteiger partial charge in [0.25, 0.3) is 0 Å². The topological polar surface area (TPSA) is 72.3 Å². The van der Waals surface area contributed by atoms with E-state index >= 15 is 0 Å². The highest BCUT2D eigenvalue weighted by molar-refractivity contribution is 6.26. The van der Waals surface area contributed by atoms with Gasteiger partial charge in [0.05, 0.1) is 40.2 Å². The number of rotatable bonds is 6. The summed E-state index contributed by atoms with van der Waals surface area (Å²) in [5.74, 6) is 1.42. The van der Waals surface area contributed by atoms with E-state index in [1.165, 1.54) is 0 Å². The summed E-state index contributed by atoms with van der Waals surface area (Å²) in [6, 6.07) is 54.0. The second-order valence-electron chi connectivity index (χ2n) is 14.0. The maximum absolute atomic E-state index is 11.0. The second-order valence-corrected chi connectivity index (χ2v) is 14.0. The highest BCUT2D eigenvalue weighted by Gasteiger charge is 2.22. The van der Waals surface area contributed by atoms with Crippen LogP contribution in [0.4, 0.5) is 0 Å². The van der Waals surface area contributed by atoms with Crippen molar-refractivity contribution < 1.29 is 6.85 Å². The third-order valence-electron chi connectivity index (χ3n) is 10.7. The van der Waals surface area contributed by atoms with E-state index in [1.807, 2.05) is 133 Å². The Labute approximate surface area is 341 Å². The Morgan fingerprint density at radius 2 is 1.03 bits per heavy atom. The lowest BCUT2D eigenvalue weighted by atomic mass is 10.0. The fourth-order valence-electron chi connectivity index (χ4n) is 8.13. The molecule has 6 nitrogen and oxygen atoms in total. The minimum Gasteiger partial charge on any atom is -0.309 e. The van der Waals surface area contributed by atoms with E-state index in [2.05, 4.69) is 41.0 Å². The van der Waals surface area contributed by atoms with Crippen molar-refractivity contribution in [1.29, 1.82) is 5.26 Å². The maximum atomic E-state index is 11.0. The van der Waals surface area contributed by atoms with Crippen LogP contribution in [-0.4, -0.2) is 24.1 Å². The molecule has 0 amide bonds. The number of fused-ring (bicyclic) bond motifs is 7. The van der Waals surface area contributed by atoms with Crippen LogP contribution in [0.1, 0.15) is 12.4 Å². The lowest BCUT2D eigenvalue weighted by Gasteiger charge is -2.13. The van der Waals surface area contributed by atoms with Crippen LogP contribution in [0.15, 0.2) is 194 Å². The molecule has 0 unspecified atom stereocenters. The highest BCUT2D eigenvalue weighted by Crippen LogP contribution is 2.42. The molecular weight excluding hydrogens is 709 g/mol. The summed E-state index contributed by atoms with van der Waals surface area (Å²) < 4.78 is 47.1. The summed E-state index contributed by atoms with van der Waals surface area (Å²) in [5.41, 5.74) is 8.50. The molecule has 3 heterocycles. The van der Waals surface area contributed by atoms with Gasteiger partial charge in [-0.05, 0) is 65.7 Å². The van der Waals surface area contributed by atoms with Gasteiger partial charge in [0.2, 0.25) is 0 Å². The van der Waals surface area contributed by atoms with Crippen molar-refractivity contribution in [2.45, 2.75) is 0 Å². The van der Waals surface area contributed by atoms with E-state index in [0.29, 0.717) is 45.3 Å². The monoisotopic (exact) mass is 745 g/mol. The predicted molar refractivity (Wildman–Crippen MR) is 235 cm³/mol. The highest BCUT2D eigenvalue weighted by atomic mass is 15.0. The van der Waals surface area contributed by atoms with Gasteiger partial charge in [0.1, 0.15) is 6.07 Å². The molecule has 0 radical (unpaired) electrons. The number of para-hydroxylation sites is 3. The summed E-state index contributed by atoms with van der Waals surface area (Å²) in [5, 5.41) is 14.5. The molecule has 0 atom stereocenters. The van der Waals surface area contributed by atoms with Crippen molar-refractivity contribution in [3.63, 3.8) is 0 Å². The van der Waals surface area contributed by atoms with Gasteiger partial charge in [0, 0.05) is 43.9 Å². The van der Waals surface area contributed by atoms with Gasteiger partial charge in [-0.3, -0.25) is 0 Å². The van der Waals surface area contributed by atoms with Gasteiger partial charge < -0.3 is 9.13 Å². The molecular formula is C52H32N6. The van der Waals surface area contributed by atoms with Gasteiger partial charge in [-0.1, -0.05) is 139 Å². The minimum absolute atomic E-state index is 0.0645. The van der Waals surface area contributed by atoms with Crippen molar-refractivity contribution in [2.75, 3.05) is 0 Å². The van der Waals surface area contributed by atoms with Crippen molar-refractivity contribution in [2.24, 2.45) is 0 Å². The van der Waals surface area contributed by atoms with E-state index in [-0.39, 0.29) is 17.8 Å². The molecule has 0 saturated heterocycles. The third-order valence-corrected chi connectivity index (χ3v) is 10.7. The molecule has 0 aliphatic rings. The molecule has 0 saturated carbocycles. The standard InChI is InChI=1S/C52H32N6/c53-33-39-32-38(52-55-50(35-17-6-2-7-18-35)54-51(56-52)37-20-14-19-36(31-37)34-15-4-1-5-16-34)27-29-44(39)58-45-25-12-10-23-41(45)42-28-30-47-48(49(42)58)43-24-11-13-26-46(43)57(47)40-21-8-3-9-22-40/h1-32H/i3D,8D,9D,21D,22D. The number of nitrogens with zero attached hydrogens (tertiary/aromatic N) is 6. The summed E-state index contributed by atoms with van der Waals surface area (Å²) in [4.78, 5) is 15.0. The van der Waals surface area contributed by atoms with E-state index in [0.717, 1.165) is 54.8 Å². The SMILES string of the molecule is [2H]c1c([2H])c([2H])c(-n2c3ccccc3c3c2ccc2c4ccccc4n(-c4ccc(-c5nc(-c6ccccc6)nc(-c6cccc(-c7ccccc7)c6)n5)cc4C#N)c23)c([2H])c1[2H]. The zero-order chi connectivity index (χ0) is 42.9. The third kappa shape index (κ3) is 5.37. The lowest BCUT2D eigenvalue weighted by Crippen LogP contribution is -2.02. The Hall–Kier alpha value is -8.14. The van der Waals surface area contributed by atoms with Crippen molar-refractivity contribution in [1.82, 2.24) is 24.1 Å². The Kier molecular flexibility index (Phi) is 6.61. The van der Waals surface area contributed by atoms with Crippen LogP contribution in [0.2, 0.25) is 0 Å². The molecule has 58 heavy (non-hydrogen) atoms. The van der Waals surface area contributed by atoms with Crippen LogP contribution in [0.3, 0.4) is 0 Å². The largest absolute Gasteiger partial charge is 0.309 e. The fourth-order valence-corrected chi connectivity index (χ4v) is 8.13. The molecule has 11 rings (SSSR count). The lowest BCUT2D eigenvalue weighted by molar-refractivity contribution is 1.07. The Morgan fingerprint density at radius 3 is 1.76 bits per heavy atom. The molecule has 0 N–H and O–H groups in total. The number of hydrogen-bond donors (Lipinski definition) is 0. The first-order valence-electron chi connectivity index (χ1n) is 21.4. The molecule has 0 spiro atoms. The summed E-state index contributed by atoms with van der Waals surface area (Å²) >= 11 is 0. The first kappa shape index (κ1) is 28.3. The molecule has 0 bridgehead atoms. The second kappa shape index (κ2) is 13.6. The molecule has 0 aliphatic carbocycles. The molecule has 6 heteroatoms. The van der Waals surface area contributed by atoms with Gasteiger partial charge in [-0.2, -0.15) is 5.26 Å². The Morgan fingerprint density at radius 1 is 0.448 bits per heavy atom. The average molecular weight is 746 g/mol. The molecule has 3 aromatic heterocycles. The number of benzene rings is 8. The zero-order valence-electron chi connectivity index (χ0n) is 35.8. The van der Waals surface area contributed by atoms with E-state index in [4.69, 9.17) is 21.8 Å². The zero-order valence-corrected chi connectivity index (χ0v) is 30.8. The average Bonchev–Trinajstić information content (AvgIpc) is 3.86. The van der Waals surface area contributed by atoms with Gasteiger partial charge in [-0.25, -0.2) is 15.0 Å². The summed E-state index contributed by atoms with van der Waals surface area (Å²) in [7, 11) is 0. The van der Waals surface area contributed by atoms with Crippen molar-refractivity contribution in [3.05, 3.63) is 200 Å². The van der Waals surface area contributed by atoms with Gasteiger partial charge >= 0.3 is 0 Å². The first-order valence-corrected chi connectivity index (χ1v) is 18.9. The van der Waals surface area contributed by atoms with Gasteiger partial charge in [0.15, 0.2) is 17.5 Å². The number of aromatic nitrogens is 5. The van der Waals surface area contributed by atoms with E-state index in [9.17, 15) is 5.26 Å². The van der Waals surface area contributed by atoms with Crippen LogP contribution in [0.25, 0.3) is 100 Å². The normalized spacial score (nSPS) is 12.6. The quantitative estimate of drug-likeness (QED) is 0.170. The summed E-state index contributed by atoms with van der Waals surface area (Å²) in [6.07, 6.45) is 0. The molecule has 270 valence electrons. The maximum Gasteiger partial charge on any atom is 0.164 e. The number of hydrogen-bond acceptors (Lipinski definition) is 4. The minimum atomic E-state index is -0.452. The molecule has 0 aliphatic heterocycles. The van der Waals surface area contributed by atoms with E-state index < -0.39 is 18.1 Å². The van der Waals surface area contributed by atoms with Crippen LogP contribution in [0, 0.1) is 11.3 Å². The predicted octanol–water partition coefficient (Wildman–Crippen LogP) is 12.6. The molecule has 11 aromatic rings. The van der Waals surface area contributed by atoms with Crippen LogP contribution >= 0.6 is 0 Å². The van der Waals surface area contributed by atoms with Crippen LogP contribution in [-0.2, 0) is 0 Å².